The smallest absolute Gasteiger partial charge is 0.308 e. The lowest BCUT2D eigenvalue weighted by Crippen LogP contribution is -2.34. The highest BCUT2D eigenvalue weighted by Crippen LogP contribution is 2.11. The monoisotopic (exact) mass is 227 g/mol. The largest absolute Gasteiger partial charge is 0.481 e. The van der Waals surface area contributed by atoms with Crippen molar-refractivity contribution in [2.24, 2.45) is 11.8 Å². The number of nitrogens with one attached hydrogen (secondary N) is 1. The molecule has 0 fully saturated rings. The van der Waals surface area contributed by atoms with Gasteiger partial charge in [-0.1, -0.05) is 19.9 Å². The third-order valence-corrected chi connectivity index (χ3v) is 2.41. The van der Waals surface area contributed by atoms with Crippen molar-refractivity contribution >= 4 is 11.9 Å². The maximum Gasteiger partial charge on any atom is 0.308 e. The van der Waals surface area contributed by atoms with Crippen molar-refractivity contribution in [2.75, 3.05) is 6.54 Å². The SMILES string of the molecule is C/C=C(/C)C(=O)NCC(CC(C)C)C(=O)O. The van der Waals surface area contributed by atoms with Gasteiger partial charge in [-0.15, -0.1) is 0 Å². The zero-order valence-corrected chi connectivity index (χ0v) is 10.4. The molecule has 0 heterocycles. The van der Waals surface area contributed by atoms with Crippen LogP contribution in [-0.2, 0) is 9.59 Å². The summed E-state index contributed by atoms with van der Waals surface area (Å²) >= 11 is 0. The van der Waals surface area contributed by atoms with E-state index in [2.05, 4.69) is 5.32 Å². The Morgan fingerprint density at radius 3 is 2.31 bits per heavy atom. The van der Waals surface area contributed by atoms with Gasteiger partial charge < -0.3 is 10.4 Å². The van der Waals surface area contributed by atoms with Crippen molar-refractivity contribution in [3.05, 3.63) is 11.6 Å². The molecule has 4 heteroatoms. The van der Waals surface area contributed by atoms with Gasteiger partial charge in [0, 0.05) is 12.1 Å². The van der Waals surface area contributed by atoms with Crippen molar-refractivity contribution < 1.29 is 14.7 Å². The van der Waals surface area contributed by atoms with Crippen LogP contribution in [0, 0.1) is 11.8 Å². The normalized spacial score (nSPS) is 13.7. The molecule has 0 saturated carbocycles. The van der Waals surface area contributed by atoms with Crippen LogP contribution in [0.4, 0.5) is 0 Å². The molecular weight excluding hydrogens is 206 g/mol. The van der Waals surface area contributed by atoms with Crippen LogP contribution in [-0.4, -0.2) is 23.5 Å². The Morgan fingerprint density at radius 1 is 1.38 bits per heavy atom. The molecule has 0 aromatic heterocycles. The predicted molar refractivity (Wildman–Crippen MR) is 63.0 cm³/mol. The summed E-state index contributed by atoms with van der Waals surface area (Å²) in [4.78, 5) is 22.3. The first-order valence-electron chi connectivity index (χ1n) is 5.52. The molecule has 1 atom stereocenters. The molecule has 2 N–H and O–H groups in total. The summed E-state index contributed by atoms with van der Waals surface area (Å²) in [6.45, 7) is 7.60. The summed E-state index contributed by atoms with van der Waals surface area (Å²) in [6.07, 6.45) is 2.28. The molecule has 4 nitrogen and oxygen atoms in total. The lowest BCUT2D eigenvalue weighted by atomic mass is 9.97. The molecule has 0 aromatic carbocycles. The first kappa shape index (κ1) is 14.7. The molecule has 0 spiro atoms. The molecule has 0 bridgehead atoms. The minimum absolute atomic E-state index is 0.192. The Bertz CT molecular complexity index is 282. The number of hydrogen-bond acceptors (Lipinski definition) is 2. The van der Waals surface area contributed by atoms with Crippen molar-refractivity contribution in [3.63, 3.8) is 0 Å². The van der Waals surface area contributed by atoms with Gasteiger partial charge in [0.05, 0.1) is 5.92 Å². The molecule has 0 aromatic rings. The van der Waals surface area contributed by atoms with Gasteiger partial charge in [0.15, 0.2) is 0 Å². The number of rotatable bonds is 6. The van der Waals surface area contributed by atoms with Gasteiger partial charge in [0.1, 0.15) is 0 Å². The van der Waals surface area contributed by atoms with Crippen LogP contribution >= 0.6 is 0 Å². The van der Waals surface area contributed by atoms with Crippen molar-refractivity contribution in [1.29, 1.82) is 0 Å². The van der Waals surface area contributed by atoms with Gasteiger partial charge >= 0.3 is 5.97 Å². The highest BCUT2D eigenvalue weighted by Gasteiger charge is 2.19. The fourth-order valence-electron chi connectivity index (χ4n) is 1.33. The topological polar surface area (TPSA) is 66.4 Å². The van der Waals surface area contributed by atoms with Crippen LogP contribution in [0.3, 0.4) is 0 Å². The average molecular weight is 227 g/mol. The molecule has 16 heavy (non-hydrogen) atoms. The lowest BCUT2D eigenvalue weighted by Gasteiger charge is -2.15. The molecule has 0 aliphatic carbocycles. The number of amides is 1. The second kappa shape index (κ2) is 7.04. The first-order valence-corrected chi connectivity index (χ1v) is 5.52. The molecule has 92 valence electrons. The molecule has 0 saturated heterocycles. The van der Waals surface area contributed by atoms with Crippen LogP contribution < -0.4 is 5.32 Å². The molecule has 0 radical (unpaired) electrons. The Labute approximate surface area is 96.7 Å². The molecule has 0 aliphatic heterocycles. The second-order valence-corrected chi connectivity index (χ2v) is 4.35. The van der Waals surface area contributed by atoms with E-state index in [0.29, 0.717) is 17.9 Å². The standard InChI is InChI=1S/C12H21NO3/c1-5-9(4)11(14)13-7-10(12(15)16)6-8(2)3/h5,8,10H,6-7H2,1-4H3,(H,13,14)(H,15,16)/b9-5-. The summed E-state index contributed by atoms with van der Waals surface area (Å²) in [7, 11) is 0. The van der Waals surface area contributed by atoms with E-state index in [0.717, 1.165) is 0 Å². The number of allylic oxidation sites excluding steroid dienone is 1. The lowest BCUT2D eigenvalue weighted by molar-refractivity contribution is -0.142. The number of carboxylic acid groups (broad SMARTS) is 1. The minimum Gasteiger partial charge on any atom is -0.481 e. The van der Waals surface area contributed by atoms with Gasteiger partial charge in [-0.25, -0.2) is 0 Å². The Hall–Kier alpha value is -1.32. The zero-order valence-electron chi connectivity index (χ0n) is 10.4. The van der Waals surface area contributed by atoms with E-state index < -0.39 is 11.9 Å². The maximum atomic E-state index is 11.4. The van der Waals surface area contributed by atoms with E-state index in [9.17, 15) is 9.59 Å². The van der Waals surface area contributed by atoms with E-state index in [1.807, 2.05) is 13.8 Å². The average Bonchev–Trinajstić information content (AvgIpc) is 2.21. The Kier molecular flexibility index (Phi) is 6.46. The fraction of sp³-hybridized carbons (Fsp3) is 0.667. The fourth-order valence-corrected chi connectivity index (χ4v) is 1.33. The van der Waals surface area contributed by atoms with Crippen molar-refractivity contribution in [1.82, 2.24) is 5.32 Å². The molecule has 1 unspecified atom stereocenters. The first-order chi connectivity index (χ1) is 7.38. The number of aliphatic carboxylic acids is 1. The molecule has 0 aliphatic rings. The quantitative estimate of drug-likeness (QED) is 0.680. The van der Waals surface area contributed by atoms with E-state index in [-0.39, 0.29) is 12.5 Å². The molecular formula is C12H21NO3. The number of carbonyl (C=O) groups excluding carboxylic acids is 1. The van der Waals surface area contributed by atoms with Crippen molar-refractivity contribution in [2.45, 2.75) is 34.1 Å². The van der Waals surface area contributed by atoms with Gasteiger partial charge in [-0.3, -0.25) is 9.59 Å². The van der Waals surface area contributed by atoms with E-state index in [1.165, 1.54) is 0 Å². The summed E-state index contributed by atoms with van der Waals surface area (Å²) in [6, 6.07) is 0. The van der Waals surface area contributed by atoms with Gasteiger partial charge in [0.25, 0.3) is 0 Å². The summed E-state index contributed by atoms with van der Waals surface area (Å²) in [5.74, 6) is -1.25. The van der Waals surface area contributed by atoms with Crippen LogP contribution in [0.1, 0.15) is 34.1 Å². The van der Waals surface area contributed by atoms with Crippen molar-refractivity contribution in [3.8, 4) is 0 Å². The van der Waals surface area contributed by atoms with E-state index in [1.54, 1.807) is 19.9 Å². The Morgan fingerprint density at radius 2 is 1.94 bits per heavy atom. The second-order valence-electron chi connectivity index (χ2n) is 4.35. The Balaban J connectivity index is 4.23. The van der Waals surface area contributed by atoms with Crippen LogP contribution in [0.5, 0.6) is 0 Å². The molecule has 1 amide bonds. The summed E-state index contributed by atoms with van der Waals surface area (Å²) < 4.78 is 0. The van der Waals surface area contributed by atoms with E-state index >= 15 is 0 Å². The minimum atomic E-state index is -0.855. The predicted octanol–water partition coefficient (Wildman–Crippen LogP) is 1.82. The number of carbonyl (C=O) groups is 2. The third-order valence-electron chi connectivity index (χ3n) is 2.41. The van der Waals surface area contributed by atoms with Gasteiger partial charge in [-0.05, 0) is 26.2 Å². The van der Waals surface area contributed by atoms with E-state index in [4.69, 9.17) is 5.11 Å². The summed E-state index contributed by atoms with van der Waals surface area (Å²) in [5, 5.41) is 11.6. The van der Waals surface area contributed by atoms with Crippen LogP contribution in [0.15, 0.2) is 11.6 Å². The number of carboxylic acids is 1. The zero-order chi connectivity index (χ0) is 12.7. The van der Waals surface area contributed by atoms with Gasteiger partial charge in [-0.2, -0.15) is 0 Å². The van der Waals surface area contributed by atoms with Crippen LogP contribution in [0.2, 0.25) is 0 Å². The van der Waals surface area contributed by atoms with Crippen LogP contribution in [0.25, 0.3) is 0 Å². The highest BCUT2D eigenvalue weighted by atomic mass is 16.4. The number of hydrogen-bond donors (Lipinski definition) is 2. The highest BCUT2D eigenvalue weighted by molar-refractivity contribution is 5.92. The molecule has 0 rings (SSSR count). The maximum absolute atomic E-state index is 11.4. The third kappa shape index (κ3) is 5.53. The van der Waals surface area contributed by atoms with Gasteiger partial charge in [0.2, 0.25) is 5.91 Å². The summed E-state index contributed by atoms with van der Waals surface area (Å²) in [5.41, 5.74) is 0.605.